The van der Waals surface area contributed by atoms with Crippen molar-refractivity contribution >= 4 is 29.3 Å². The molecule has 1 unspecified atom stereocenters. The molecule has 0 saturated carbocycles. The average molecular weight is 481 g/mol. The fourth-order valence-electron chi connectivity index (χ4n) is 4.37. The Labute approximate surface area is 193 Å². The molecular weight excluding hydrogens is 461 g/mol. The lowest BCUT2D eigenvalue weighted by Crippen LogP contribution is -2.64. The summed E-state index contributed by atoms with van der Waals surface area (Å²) in [6, 6.07) is 9.89. The quantitative estimate of drug-likeness (QED) is 0.562. The van der Waals surface area contributed by atoms with Gasteiger partial charge in [0.1, 0.15) is 5.75 Å². The minimum Gasteiger partial charge on any atom is -0.497 e. The summed E-state index contributed by atoms with van der Waals surface area (Å²) in [6.45, 7) is 0.997. The molecule has 6 nitrogen and oxygen atoms in total. The molecule has 2 aromatic carbocycles. The Balaban J connectivity index is 1.89. The summed E-state index contributed by atoms with van der Waals surface area (Å²) in [5, 5.41) is 0.0474. The van der Waals surface area contributed by atoms with Gasteiger partial charge in [0.05, 0.1) is 31.5 Å². The maximum atomic E-state index is 14.8. The second-order valence-corrected chi connectivity index (χ2v) is 7.97. The number of urea groups is 1. The first-order valence-corrected chi connectivity index (χ1v) is 10.5. The van der Waals surface area contributed by atoms with Gasteiger partial charge in [-0.1, -0.05) is 29.8 Å². The van der Waals surface area contributed by atoms with Crippen molar-refractivity contribution in [3.8, 4) is 5.75 Å². The van der Waals surface area contributed by atoms with Gasteiger partial charge in [0, 0.05) is 17.1 Å². The molecule has 33 heavy (non-hydrogen) atoms. The first-order valence-electron chi connectivity index (χ1n) is 10.1. The molecule has 2 amide bonds. The number of benzene rings is 2. The molecule has 2 aliphatic rings. The van der Waals surface area contributed by atoms with Crippen molar-refractivity contribution < 1.29 is 32.2 Å². The van der Waals surface area contributed by atoms with Gasteiger partial charge in [-0.25, -0.2) is 9.59 Å². The molecule has 174 valence electrons. The van der Waals surface area contributed by atoms with Gasteiger partial charge in [-0.2, -0.15) is 13.2 Å². The number of ether oxygens (including phenoxy) is 2. The number of nitrogens with zero attached hydrogens (tertiary/aromatic N) is 2. The number of hydrogen-bond acceptors (Lipinski definition) is 4. The number of alkyl halides is 3. The van der Waals surface area contributed by atoms with E-state index in [2.05, 4.69) is 0 Å². The second-order valence-electron chi connectivity index (χ2n) is 7.54. The van der Waals surface area contributed by atoms with Gasteiger partial charge < -0.3 is 9.47 Å². The van der Waals surface area contributed by atoms with Crippen LogP contribution in [0.5, 0.6) is 5.75 Å². The number of hydrogen-bond donors (Lipinski definition) is 0. The molecule has 1 atom stereocenters. The topological polar surface area (TPSA) is 59.1 Å². The molecule has 10 heteroatoms. The number of halogens is 4. The summed E-state index contributed by atoms with van der Waals surface area (Å²) < 4.78 is 54.6. The lowest BCUT2D eigenvalue weighted by molar-refractivity contribution is -0.212. The van der Waals surface area contributed by atoms with E-state index in [4.69, 9.17) is 21.1 Å². The predicted molar refractivity (Wildman–Crippen MR) is 115 cm³/mol. The first-order chi connectivity index (χ1) is 15.6. The van der Waals surface area contributed by atoms with Gasteiger partial charge in [0.25, 0.3) is 0 Å². The number of fused-ring (bicyclic) bond motifs is 3. The van der Waals surface area contributed by atoms with E-state index in [0.717, 1.165) is 12.1 Å². The third kappa shape index (κ3) is 3.51. The zero-order valence-electron chi connectivity index (χ0n) is 17.8. The number of esters is 1. The van der Waals surface area contributed by atoms with E-state index in [9.17, 15) is 22.8 Å². The fraction of sp³-hybridized carbons (Fsp3) is 0.304. The lowest BCUT2D eigenvalue weighted by Gasteiger charge is -2.48. The van der Waals surface area contributed by atoms with E-state index in [-0.39, 0.29) is 29.4 Å². The van der Waals surface area contributed by atoms with Crippen LogP contribution in [0.4, 0.5) is 23.7 Å². The van der Waals surface area contributed by atoms with Crippen LogP contribution in [0.2, 0.25) is 5.02 Å². The van der Waals surface area contributed by atoms with Crippen molar-refractivity contribution in [3.05, 3.63) is 70.3 Å². The Hall–Kier alpha value is -3.20. The number of rotatable bonds is 5. The fourth-order valence-corrected chi connectivity index (χ4v) is 4.54. The van der Waals surface area contributed by atoms with Crippen molar-refractivity contribution in [2.45, 2.75) is 25.2 Å². The molecule has 0 radical (unpaired) electrons. The van der Waals surface area contributed by atoms with Crippen molar-refractivity contribution in [2.75, 3.05) is 25.2 Å². The molecule has 4 rings (SSSR count). The van der Waals surface area contributed by atoms with E-state index in [1.807, 2.05) is 0 Å². The summed E-state index contributed by atoms with van der Waals surface area (Å²) in [5.74, 6) is -0.519. The summed E-state index contributed by atoms with van der Waals surface area (Å²) in [5.41, 5.74) is -3.23. The van der Waals surface area contributed by atoms with Crippen LogP contribution in [0.15, 0.2) is 54.1 Å². The standard InChI is InChI=1S/C23H20ClF3N2O4/c1-3-33-20(30)17-10-11-29-21(31)28(13-14-4-7-16(32-2)8-5-14)19-9-6-15(24)12-18(19)22(17,29)23(25,26)27/h4-10,12H,3,11,13H2,1-2H3. The normalized spacial score (nSPS) is 19.7. The molecular formula is C23H20ClF3N2O4. The molecule has 0 aromatic heterocycles. The van der Waals surface area contributed by atoms with Crippen LogP contribution in [0.1, 0.15) is 18.1 Å². The maximum absolute atomic E-state index is 14.8. The van der Waals surface area contributed by atoms with Gasteiger partial charge in [0.2, 0.25) is 5.54 Å². The monoisotopic (exact) mass is 480 g/mol. The molecule has 2 heterocycles. The number of amides is 2. The number of carbonyl (C=O) groups is 2. The Morgan fingerprint density at radius 1 is 1.18 bits per heavy atom. The third-order valence-electron chi connectivity index (χ3n) is 5.78. The van der Waals surface area contributed by atoms with Gasteiger partial charge in [-0.05, 0) is 42.8 Å². The molecule has 2 aliphatic heterocycles. The summed E-state index contributed by atoms with van der Waals surface area (Å²) in [6.07, 6.45) is -3.91. The van der Waals surface area contributed by atoms with Crippen LogP contribution >= 0.6 is 11.6 Å². The SMILES string of the molecule is CCOC(=O)C1=CCN2C(=O)N(Cc3ccc(OC)cc3)c3ccc(Cl)cc3C12C(F)(F)F. The van der Waals surface area contributed by atoms with E-state index >= 15 is 0 Å². The van der Waals surface area contributed by atoms with E-state index in [1.165, 1.54) is 31.1 Å². The van der Waals surface area contributed by atoms with Gasteiger partial charge in [-0.15, -0.1) is 0 Å². The highest BCUT2D eigenvalue weighted by atomic mass is 35.5. The highest BCUT2D eigenvalue weighted by Gasteiger charge is 2.70. The minimum atomic E-state index is -5.01. The van der Waals surface area contributed by atoms with Crippen molar-refractivity contribution in [3.63, 3.8) is 0 Å². The highest BCUT2D eigenvalue weighted by Crippen LogP contribution is 2.57. The van der Waals surface area contributed by atoms with Crippen molar-refractivity contribution in [2.24, 2.45) is 0 Å². The van der Waals surface area contributed by atoms with Crippen LogP contribution in [0.25, 0.3) is 0 Å². The van der Waals surface area contributed by atoms with E-state index < -0.39 is 35.8 Å². The summed E-state index contributed by atoms with van der Waals surface area (Å²) >= 11 is 6.11. The summed E-state index contributed by atoms with van der Waals surface area (Å²) in [7, 11) is 1.52. The maximum Gasteiger partial charge on any atom is 0.420 e. The van der Waals surface area contributed by atoms with Crippen LogP contribution in [-0.4, -0.2) is 43.3 Å². The first kappa shape index (κ1) is 23.0. The van der Waals surface area contributed by atoms with Crippen LogP contribution in [-0.2, 0) is 21.6 Å². The number of anilines is 1. The molecule has 0 saturated heterocycles. The zero-order valence-corrected chi connectivity index (χ0v) is 18.5. The smallest absolute Gasteiger partial charge is 0.420 e. The van der Waals surface area contributed by atoms with Gasteiger partial charge in [0.15, 0.2) is 0 Å². The molecule has 0 aliphatic carbocycles. The number of carbonyl (C=O) groups excluding carboxylic acids is 2. The molecule has 0 N–H and O–H groups in total. The molecule has 0 bridgehead atoms. The Morgan fingerprint density at radius 2 is 1.88 bits per heavy atom. The molecule has 0 fully saturated rings. The zero-order chi connectivity index (χ0) is 24.0. The molecule has 0 spiro atoms. The lowest BCUT2D eigenvalue weighted by atomic mass is 9.79. The minimum absolute atomic E-state index is 0.0106. The van der Waals surface area contributed by atoms with E-state index in [1.54, 1.807) is 24.3 Å². The highest BCUT2D eigenvalue weighted by molar-refractivity contribution is 6.30. The Morgan fingerprint density at radius 3 is 2.48 bits per heavy atom. The molecule has 2 aromatic rings. The van der Waals surface area contributed by atoms with Crippen molar-refractivity contribution in [1.29, 1.82) is 0 Å². The largest absolute Gasteiger partial charge is 0.497 e. The van der Waals surface area contributed by atoms with Crippen LogP contribution < -0.4 is 9.64 Å². The van der Waals surface area contributed by atoms with Gasteiger partial charge in [-0.3, -0.25) is 9.80 Å². The summed E-state index contributed by atoms with van der Waals surface area (Å²) in [4.78, 5) is 28.0. The van der Waals surface area contributed by atoms with Crippen LogP contribution in [0, 0.1) is 0 Å². The second kappa shape index (κ2) is 8.30. The average Bonchev–Trinajstić information content (AvgIpc) is 3.20. The van der Waals surface area contributed by atoms with Crippen LogP contribution in [0.3, 0.4) is 0 Å². The predicted octanol–water partition coefficient (Wildman–Crippen LogP) is 5.05. The number of methoxy groups -OCH3 is 1. The van der Waals surface area contributed by atoms with E-state index in [0.29, 0.717) is 16.2 Å². The third-order valence-corrected chi connectivity index (χ3v) is 6.01. The Kier molecular flexibility index (Phi) is 5.78. The Bertz CT molecular complexity index is 1130. The van der Waals surface area contributed by atoms with Gasteiger partial charge >= 0.3 is 18.2 Å². The van der Waals surface area contributed by atoms with Crippen molar-refractivity contribution in [1.82, 2.24) is 4.90 Å².